The van der Waals surface area contributed by atoms with E-state index >= 15 is 0 Å². The Morgan fingerprint density at radius 2 is 1.69 bits per heavy atom. The number of para-hydroxylation sites is 2. The first-order valence-electron chi connectivity index (χ1n) is 10.2. The zero-order valence-electron chi connectivity index (χ0n) is 17.0. The highest BCUT2D eigenvalue weighted by Crippen LogP contribution is 2.16. The first kappa shape index (κ1) is 19.6. The van der Waals surface area contributed by atoms with Gasteiger partial charge in [0.1, 0.15) is 12.4 Å². The molecule has 2 heterocycles. The summed E-state index contributed by atoms with van der Waals surface area (Å²) in [4.78, 5) is 21.6. The van der Waals surface area contributed by atoms with E-state index in [0.29, 0.717) is 13.2 Å². The average molecular weight is 393 g/mol. The Balaban J connectivity index is 1.27. The van der Waals surface area contributed by atoms with Gasteiger partial charge in [0.2, 0.25) is 0 Å². The summed E-state index contributed by atoms with van der Waals surface area (Å²) in [5.41, 5.74) is 3.23. The summed E-state index contributed by atoms with van der Waals surface area (Å²) < 4.78 is 7.62. The van der Waals surface area contributed by atoms with Crippen molar-refractivity contribution in [2.45, 2.75) is 19.6 Å². The summed E-state index contributed by atoms with van der Waals surface area (Å²) in [5.74, 6) is 0.930. The molecule has 0 bridgehead atoms. The molecule has 2 aromatic carbocycles. The van der Waals surface area contributed by atoms with Crippen LogP contribution in [0, 0.1) is 0 Å². The van der Waals surface area contributed by atoms with Crippen LogP contribution in [0.5, 0.6) is 0 Å². The van der Waals surface area contributed by atoms with E-state index in [9.17, 15) is 4.79 Å². The van der Waals surface area contributed by atoms with E-state index in [1.807, 2.05) is 36.4 Å². The van der Waals surface area contributed by atoms with E-state index in [-0.39, 0.29) is 5.97 Å². The highest BCUT2D eigenvalue weighted by molar-refractivity contribution is 5.75. The number of benzene rings is 2. The number of fused-ring (bicyclic) bond motifs is 1. The van der Waals surface area contributed by atoms with Gasteiger partial charge in [-0.05, 0) is 30.7 Å². The van der Waals surface area contributed by atoms with E-state index in [1.54, 1.807) is 0 Å². The molecule has 1 aliphatic heterocycles. The van der Waals surface area contributed by atoms with Gasteiger partial charge in [0.05, 0.1) is 24.1 Å². The maximum atomic E-state index is 12.2. The fraction of sp³-hybridized carbons (Fsp3) is 0.391. The minimum absolute atomic E-state index is 0.155. The van der Waals surface area contributed by atoms with Crippen molar-refractivity contribution in [1.29, 1.82) is 0 Å². The Kier molecular flexibility index (Phi) is 6.22. The molecule has 6 heteroatoms. The second kappa shape index (κ2) is 9.20. The average Bonchev–Trinajstić information content (AvgIpc) is 2.90. The lowest BCUT2D eigenvalue weighted by Crippen LogP contribution is -2.35. The van der Waals surface area contributed by atoms with Crippen molar-refractivity contribution in [1.82, 2.24) is 19.4 Å². The number of imidazole rings is 1. The van der Waals surface area contributed by atoms with Crippen molar-refractivity contribution in [2.24, 2.45) is 7.05 Å². The Hall–Kier alpha value is -2.70. The zero-order chi connectivity index (χ0) is 20.1. The van der Waals surface area contributed by atoms with Gasteiger partial charge < -0.3 is 9.30 Å². The van der Waals surface area contributed by atoms with E-state index in [1.165, 1.54) is 5.52 Å². The van der Waals surface area contributed by atoms with Gasteiger partial charge in [-0.15, -0.1) is 0 Å². The maximum absolute atomic E-state index is 12.2. The van der Waals surface area contributed by atoms with Crippen LogP contribution in [-0.4, -0.2) is 58.0 Å². The van der Waals surface area contributed by atoms with E-state index < -0.39 is 0 Å². The van der Waals surface area contributed by atoms with Crippen LogP contribution in [0.3, 0.4) is 0 Å². The molecule has 0 N–H and O–H groups in total. The molecule has 3 aromatic rings. The number of ether oxygens (including phenoxy) is 1. The van der Waals surface area contributed by atoms with Crippen molar-refractivity contribution < 1.29 is 9.53 Å². The molecule has 29 heavy (non-hydrogen) atoms. The third-order valence-electron chi connectivity index (χ3n) is 5.52. The molecule has 152 valence electrons. The lowest BCUT2D eigenvalue weighted by Gasteiger charge is -2.21. The molecule has 1 aliphatic rings. The number of hydrogen-bond acceptors (Lipinski definition) is 5. The van der Waals surface area contributed by atoms with E-state index in [0.717, 1.165) is 56.0 Å². The van der Waals surface area contributed by atoms with Gasteiger partial charge in [-0.3, -0.25) is 14.6 Å². The second-order valence-electron chi connectivity index (χ2n) is 7.63. The van der Waals surface area contributed by atoms with Crippen molar-refractivity contribution in [3.63, 3.8) is 0 Å². The van der Waals surface area contributed by atoms with Gasteiger partial charge in [0.15, 0.2) is 0 Å². The van der Waals surface area contributed by atoms with E-state index in [2.05, 4.69) is 39.6 Å². The summed E-state index contributed by atoms with van der Waals surface area (Å²) in [5, 5.41) is 0. The molecule has 0 unspecified atom stereocenters. The van der Waals surface area contributed by atoms with E-state index in [4.69, 9.17) is 9.72 Å². The summed E-state index contributed by atoms with van der Waals surface area (Å²) in [6, 6.07) is 18.1. The third-order valence-corrected chi connectivity index (χ3v) is 5.52. The number of hydrogen-bond donors (Lipinski definition) is 0. The highest BCUT2D eigenvalue weighted by Gasteiger charge is 2.19. The Morgan fingerprint density at radius 1 is 0.966 bits per heavy atom. The van der Waals surface area contributed by atoms with Crippen LogP contribution in [0.4, 0.5) is 0 Å². The Labute approximate surface area is 171 Å². The molecule has 0 aliphatic carbocycles. The van der Waals surface area contributed by atoms with Crippen molar-refractivity contribution in [2.75, 3.05) is 32.7 Å². The van der Waals surface area contributed by atoms with Gasteiger partial charge in [0, 0.05) is 26.7 Å². The van der Waals surface area contributed by atoms with Crippen LogP contribution in [0.2, 0.25) is 0 Å². The largest absolute Gasteiger partial charge is 0.460 e. The van der Waals surface area contributed by atoms with Crippen molar-refractivity contribution >= 4 is 17.0 Å². The number of aromatic nitrogens is 2. The standard InChI is InChI=1S/C23H28N4O2/c1-25-21-11-6-5-10-20(21)24-22(25)16-26-12-7-13-27(15-14-26)17-23(28)29-18-19-8-3-2-4-9-19/h2-6,8-11H,7,12-18H2,1H3. The monoisotopic (exact) mass is 392 g/mol. The first-order valence-corrected chi connectivity index (χ1v) is 10.2. The minimum Gasteiger partial charge on any atom is -0.460 e. The quantitative estimate of drug-likeness (QED) is 0.604. The smallest absolute Gasteiger partial charge is 0.320 e. The van der Waals surface area contributed by atoms with Crippen LogP contribution < -0.4 is 0 Å². The highest BCUT2D eigenvalue weighted by atomic mass is 16.5. The normalized spacial score (nSPS) is 16.0. The molecule has 0 saturated carbocycles. The first-order chi connectivity index (χ1) is 14.2. The number of esters is 1. The number of carbonyl (C=O) groups excluding carboxylic acids is 1. The van der Waals surface area contributed by atoms with Gasteiger partial charge >= 0.3 is 5.97 Å². The molecule has 0 spiro atoms. The molecule has 6 nitrogen and oxygen atoms in total. The summed E-state index contributed by atoms with van der Waals surface area (Å²) in [6.07, 6.45) is 1.04. The van der Waals surface area contributed by atoms with Gasteiger partial charge in [-0.1, -0.05) is 42.5 Å². The lowest BCUT2D eigenvalue weighted by atomic mass is 10.2. The topological polar surface area (TPSA) is 50.6 Å². The Morgan fingerprint density at radius 3 is 2.52 bits per heavy atom. The third kappa shape index (κ3) is 5.02. The fourth-order valence-electron chi connectivity index (χ4n) is 3.84. The molecule has 1 saturated heterocycles. The molecule has 1 aromatic heterocycles. The van der Waals surface area contributed by atoms with Crippen LogP contribution in [-0.2, 0) is 29.7 Å². The molecule has 0 radical (unpaired) electrons. The number of carbonyl (C=O) groups is 1. The Bertz CT molecular complexity index is 954. The van der Waals surface area contributed by atoms with Gasteiger partial charge in [0.25, 0.3) is 0 Å². The molecular weight excluding hydrogens is 364 g/mol. The van der Waals surface area contributed by atoms with Crippen LogP contribution in [0.15, 0.2) is 54.6 Å². The summed E-state index contributed by atoms with van der Waals surface area (Å²) >= 11 is 0. The predicted octanol–water partition coefficient (Wildman–Crippen LogP) is 2.82. The van der Waals surface area contributed by atoms with Crippen LogP contribution in [0.1, 0.15) is 17.8 Å². The van der Waals surface area contributed by atoms with Gasteiger partial charge in [-0.2, -0.15) is 0 Å². The zero-order valence-corrected chi connectivity index (χ0v) is 17.0. The molecule has 1 fully saturated rings. The summed E-state index contributed by atoms with van der Waals surface area (Å²) in [6.45, 7) is 5.24. The predicted molar refractivity (Wildman–Crippen MR) is 113 cm³/mol. The summed E-state index contributed by atoms with van der Waals surface area (Å²) in [7, 11) is 2.08. The molecule has 4 rings (SSSR count). The lowest BCUT2D eigenvalue weighted by molar-refractivity contribution is -0.146. The number of rotatable bonds is 6. The number of aryl methyl sites for hydroxylation is 1. The van der Waals surface area contributed by atoms with Gasteiger partial charge in [-0.25, -0.2) is 4.98 Å². The molecule has 0 amide bonds. The van der Waals surface area contributed by atoms with Crippen molar-refractivity contribution in [3.8, 4) is 0 Å². The van der Waals surface area contributed by atoms with Crippen molar-refractivity contribution in [3.05, 3.63) is 66.0 Å². The van der Waals surface area contributed by atoms with Crippen LogP contribution >= 0.6 is 0 Å². The van der Waals surface area contributed by atoms with Crippen LogP contribution in [0.25, 0.3) is 11.0 Å². The molecule has 0 atom stereocenters. The fourth-order valence-corrected chi connectivity index (χ4v) is 3.84. The maximum Gasteiger partial charge on any atom is 0.320 e. The molecular formula is C23H28N4O2. The minimum atomic E-state index is -0.155. The SMILES string of the molecule is Cn1c(CN2CCCN(CC(=O)OCc3ccccc3)CC2)nc2ccccc21. The second-order valence-corrected chi connectivity index (χ2v) is 7.63. The number of nitrogens with zero attached hydrogens (tertiary/aromatic N) is 4.